The first-order valence-corrected chi connectivity index (χ1v) is 9.71. The molecule has 1 amide bonds. The van der Waals surface area contributed by atoms with Gasteiger partial charge < -0.3 is 10.1 Å². The Labute approximate surface area is 166 Å². The van der Waals surface area contributed by atoms with Crippen molar-refractivity contribution >= 4 is 23.3 Å². The van der Waals surface area contributed by atoms with Gasteiger partial charge in [-0.3, -0.25) is 14.4 Å². The summed E-state index contributed by atoms with van der Waals surface area (Å²) in [6.07, 6.45) is 4.29. The van der Waals surface area contributed by atoms with Gasteiger partial charge >= 0.3 is 5.97 Å². The molecule has 1 N–H and O–H groups in total. The van der Waals surface area contributed by atoms with Crippen molar-refractivity contribution < 1.29 is 19.1 Å². The molecule has 0 radical (unpaired) electrons. The Bertz CT molecular complexity index is 769. The molecule has 0 bridgehead atoms. The zero-order chi connectivity index (χ0) is 20.2. The number of unbranched alkanes of at least 4 members (excludes halogenated alkanes) is 2. The highest BCUT2D eigenvalue weighted by Crippen LogP contribution is 2.12. The molecule has 2 aromatic rings. The summed E-state index contributed by atoms with van der Waals surface area (Å²) in [5, 5.41) is 2.81. The van der Waals surface area contributed by atoms with Crippen LogP contribution in [0.5, 0.6) is 0 Å². The maximum absolute atomic E-state index is 12.2. The van der Waals surface area contributed by atoms with Gasteiger partial charge in [0, 0.05) is 24.1 Å². The van der Waals surface area contributed by atoms with Crippen LogP contribution in [0.15, 0.2) is 54.6 Å². The molecule has 0 fully saturated rings. The van der Waals surface area contributed by atoms with Crippen LogP contribution in [-0.2, 0) is 20.7 Å². The molecule has 5 nitrogen and oxygen atoms in total. The summed E-state index contributed by atoms with van der Waals surface area (Å²) in [5.41, 5.74) is 2.15. The van der Waals surface area contributed by atoms with E-state index in [0.29, 0.717) is 24.1 Å². The van der Waals surface area contributed by atoms with Crippen molar-refractivity contribution in [3.63, 3.8) is 0 Å². The lowest BCUT2D eigenvalue weighted by Gasteiger charge is -2.07. The summed E-state index contributed by atoms with van der Waals surface area (Å²) >= 11 is 0. The van der Waals surface area contributed by atoms with E-state index in [1.807, 2.05) is 30.3 Å². The lowest BCUT2D eigenvalue weighted by Crippen LogP contribution is -2.15. The Balaban J connectivity index is 1.73. The van der Waals surface area contributed by atoms with Gasteiger partial charge in [-0.05, 0) is 42.7 Å². The van der Waals surface area contributed by atoms with Crippen LogP contribution in [0.4, 0.5) is 5.69 Å². The molecule has 2 rings (SSSR count). The van der Waals surface area contributed by atoms with Gasteiger partial charge in [-0.25, -0.2) is 0 Å². The van der Waals surface area contributed by atoms with E-state index in [4.69, 9.17) is 4.74 Å². The highest BCUT2D eigenvalue weighted by atomic mass is 16.5. The number of benzene rings is 2. The molecule has 0 spiro atoms. The molecule has 5 heteroatoms. The predicted molar refractivity (Wildman–Crippen MR) is 109 cm³/mol. The molecule has 0 saturated carbocycles. The van der Waals surface area contributed by atoms with Gasteiger partial charge in [-0.15, -0.1) is 0 Å². The van der Waals surface area contributed by atoms with E-state index in [2.05, 4.69) is 12.2 Å². The Hall–Kier alpha value is -2.95. The maximum atomic E-state index is 12.2. The highest BCUT2D eigenvalue weighted by molar-refractivity contribution is 5.98. The van der Waals surface area contributed by atoms with Crippen LogP contribution in [-0.4, -0.2) is 24.3 Å². The van der Waals surface area contributed by atoms with Crippen molar-refractivity contribution in [2.24, 2.45) is 0 Å². The number of ether oxygens (including phenoxy) is 1. The van der Waals surface area contributed by atoms with E-state index in [-0.39, 0.29) is 24.7 Å². The smallest absolute Gasteiger partial charge is 0.306 e. The van der Waals surface area contributed by atoms with Crippen molar-refractivity contribution in [2.45, 2.75) is 45.4 Å². The van der Waals surface area contributed by atoms with Gasteiger partial charge in [0.05, 0.1) is 0 Å². The average molecular weight is 381 g/mol. The Morgan fingerprint density at radius 1 is 0.893 bits per heavy atom. The topological polar surface area (TPSA) is 72.5 Å². The number of Topliss-reactive ketones (excluding diaryl/α,β-unsaturated/α-hetero) is 1. The predicted octanol–water partition coefficient (Wildman–Crippen LogP) is 4.56. The first-order chi connectivity index (χ1) is 13.6. The molecule has 148 valence electrons. The second-order valence-electron chi connectivity index (χ2n) is 6.65. The van der Waals surface area contributed by atoms with Crippen molar-refractivity contribution in [1.29, 1.82) is 0 Å². The van der Waals surface area contributed by atoms with E-state index in [9.17, 15) is 14.4 Å². The molecule has 0 heterocycles. The van der Waals surface area contributed by atoms with E-state index >= 15 is 0 Å². The molecule has 0 aliphatic heterocycles. The second kappa shape index (κ2) is 11.7. The van der Waals surface area contributed by atoms with Crippen molar-refractivity contribution in [3.05, 3.63) is 65.7 Å². The molecule has 0 atom stereocenters. The average Bonchev–Trinajstić information content (AvgIpc) is 2.72. The zero-order valence-corrected chi connectivity index (χ0v) is 16.3. The number of carbonyl (C=O) groups excluding carboxylic acids is 3. The molecule has 0 unspecified atom stereocenters. The number of hydrogen-bond donors (Lipinski definition) is 1. The minimum atomic E-state index is -0.395. The molecule has 2 aromatic carbocycles. The van der Waals surface area contributed by atoms with E-state index < -0.39 is 5.97 Å². The summed E-state index contributed by atoms with van der Waals surface area (Å²) in [6, 6.07) is 16.3. The largest absolute Gasteiger partial charge is 0.457 e. The Morgan fingerprint density at radius 3 is 2.29 bits per heavy atom. The van der Waals surface area contributed by atoms with Crippen molar-refractivity contribution in [2.75, 3.05) is 11.9 Å². The van der Waals surface area contributed by atoms with Crippen molar-refractivity contribution in [3.8, 4) is 0 Å². The molecular formula is C23H27NO4. The monoisotopic (exact) mass is 381 g/mol. The number of hydrogen-bond acceptors (Lipinski definition) is 4. The number of carbonyl (C=O) groups is 3. The minimum absolute atomic E-state index is 0.0279. The lowest BCUT2D eigenvalue weighted by atomic mass is 10.1. The minimum Gasteiger partial charge on any atom is -0.457 e. The summed E-state index contributed by atoms with van der Waals surface area (Å²) in [6.45, 7) is 1.81. The molecular weight excluding hydrogens is 354 g/mol. The summed E-state index contributed by atoms with van der Waals surface area (Å²) in [7, 11) is 0. The van der Waals surface area contributed by atoms with Gasteiger partial charge in [0.1, 0.15) is 0 Å². The van der Waals surface area contributed by atoms with Gasteiger partial charge in [0.2, 0.25) is 5.91 Å². The van der Waals surface area contributed by atoms with Crippen molar-refractivity contribution in [1.82, 2.24) is 0 Å². The third-order valence-electron chi connectivity index (χ3n) is 4.32. The Kier molecular flexibility index (Phi) is 8.92. The number of amides is 1. The first-order valence-electron chi connectivity index (χ1n) is 9.71. The lowest BCUT2D eigenvalue weighted by molar-refractivity contribution is -0.142. The van der Waals surface area contributed by atoms with E-state index in [0.717, 1.165) is 24.8 Å². The molecule has 28 heavy (non-hydrogen) atoms. The molecule has 0 saturated heterocycles. The van der Waals surface area contributed by atoms with Gasteiger partial charge in [0.15, 0.2) is 12.4 Å². The number of nitrogens with one attached hydrogen (secondary N) is 1. The molecule has 0 aliphatic carbocycles. The standard InChI is InChI=1S/C23H27NO4/c1-2-3-5-10-22(26)24-20-14-12-19(13-15-20)21(25)17-28-23(27)16-11-18-8-6-4-7-9-18/h4,6-9,12-15H,2-3,5,10-11,16-17H2,1H3,(H,24,26). The number of rotatable bonds is 11. The summed E-state index contributed by atoms with van der Waals surface area (Å²) in [4.78, 5) is 35.8. The van der Waals surface area contributed by atoms with Gasteiger partial charge in [-0.2, -0.15) is 0 Å². The summed E-state index contributed by atoms with van der Waals surface area (Å²) in [5.74, 6) is -0.693. The first kappa shape index (κ1) is 21.4. The third kappa shape index (κ3) is 7.74. The van der Waals surface area contributed by atoms with Crippen LogP contribution in [0, 0.1) is 0 Å². The van der Waals surface area contributed by atoms with Gasteiger partial charge in [-0.1, -0.05) is 50.1 Å². The van der Waals surface area contributed by atoms with Crippen LogP contribution in [0.2, 0.25) is 0 Å². The number of anilines is 1. The fourth-order valence-electron chi connectivity index (χ4n) is 2.69. The maximum Gasteiger partial charge on any atom is 0.306 e. The van der Waals surface area contributed by atoms with Crippen LogP contribution in [0.1, 0.15) is 54.9 Å². The van der Waals surface area contributed by atoms with Crippen LogP contribution < -0.4 is 5.32 Å². The SMILES string of the molecule is CCCCCC(=O)Nc1ccc(C(=O)COC(=O)CCc2ccccc2)cc1. The van der Waals surface area contributed by atoms with Crippen LogP contribution in [0.25, 0.3) is 0 Å². The number of aryl methyl sites for hydroxylation is 1. The number of ketones is 1. The van der Waals surface area contributed by atoms with Gasteiger partial charge in [0.25, 0.3) is 0 Å². The second-order valence-corrected chi connectivity index (χ2v) is 6.65. The summed E-state index contributed by atoms with van der Waals surface area (Å²) < 4.78 is 5.07. The molecule has 0 aliphatic rings. The fourth-order valence-corrected chi connectivity index (χ4v) is 2.69. The third-order valence-corrected chi connectivity index (χ3v) is 4.32. The van der Waals surface area contributed by atoms with E-state index in [1.165, 1.54) is 0 Å². The molecule has 0 aromatic heterocycles. The quantitative estimate of drug-likeness (QED) is 0.352. The van der Waals surface area contributed by atoms with Crippen LogP contribution in [0.3, 0.4) is 0 Å². The van der Waals surface area contributed by atoms with Crippen LogP contribution >= 0.6 is 0 Å². The Morgan fingerprint density at radius 2 is 1.61 bits per heavy atom. The highest BCUT2D eigenvalue weighted by Gasteiger charge is 2.11. The normalized spacial score (nSPS) is 10.3. The zero-order valence-electron chi connectivity index (χ0n) is 16.3. The number of esters is 1. The fraction of sp³-hybridized carbons (Fsp3) is 0.348. The van der Waals surface area contributed by atoms with E-state index in [1.54, 1.807) is 24.3 Å².